The van der Waals surface area contributed by atoms with Crippen molar-refractivity contribution >= 4 is 40.0 Å². The van der Waals surface area contributed by atoms with Crippen LogP contribution in [-0.4, -0.2) is 32.8 Å². The summed E-state index contributed by atoms with van der Waals surface area (Å²) in [4.78, 5) is 32.7. The van der Waals surface area contributed by atoms with Crippen LogP contribution in [-0.2, 0) is 4.79 Å². The van der Waals surface area contributed by atoms with E-state index < -0.39 is 6.04 Å². The van der Waals surface area contributed by atoms with Crippen molar-refractivity contribution in [2.24, 2.45) is 5.92 Å². The SMILES string of the molecule is Cc1cc(Cl)ccc1-n1c(C(C)N(CC(C)C)C(=O)CCl)nc2ccccc2c1=O. The van der Waals surface area contributed by atoms with Crippen LogP contribution >= 0.6 is 23.2 Å². The molecule has 7 heteroatoms. The molecule has 1 heterocycles. The van der Waals surface area contributed by atoms with E-state index in [1.54, 1.807) is 21.6 Å². The van der Waals surface area contributed by atoms with Crippen molar-refractivity contribution in [3.8, 4) is 5.69 Å². The molecule has 158 valence electrons. The van der Waals surface area contributed by atoms with Crippen molar-refractivity contribution in [1.29, 1.82) is 0 Å². The summed E-state index contributed by atoms with van der Waals surface area (Å²) in [6.45, 7) is 8.35. The number of halogens is 2. The number of fused-ring (bicyclic) bond motifs is 1. The van der Waals surface area contributed by atoms with Gasteiger partial charge in [0.25, 0.3) is 5.56 Å². The topological polar surface area (TPSA) is 55.2 Å². The molecule has 0 spiro atoms. The van der Waals surface area contributed by atoms with Gasteiger partial charge in [0.2, 0.25) is 5.91 Å². The van der Waals surface area contributed by atoms with Crippen LogP contribution in [0.1, 0.15) is 38.2 Å². The minimum atomic E-state index is -0.453. The lowest BCUT2D eigenvalue weighted by Gasteiger charge is -2.31. The molecular formula is C23H25Cl2N3O2. The van der Waals surface area contributed by atoms with Crippen LogP contribution in [0.3, 0.4) is 0 Å². The van der Waals surface area contributed by atoms with E-state index in [0.717, 1.165) is 5.56 Å². The molecule has 0 aliphatic carbocycles. The number of hydrogen-bond donors (Lipinski definition) is 0. The first-order valence-electron chi connectivity index (χ1n) is 9.88. The van der Waals surface area contributed by atoms with E-state index >= 15 is 0 Å². The standard InChI is InChI=1S/C23H25Cl2N3O2/c1-14(2)13-27(21(29)12-24)16(4)22-26-19-8-6-5-7-18(19)23(30)28(22)20-10-9-17(25)11-15(20)3/h5-11,14,16H,12-13H2,1-4H3. The van der Waals surface area contributed by atoms with Gasteiger partial charge in [0.15, 0.2) is 0 Å². The molecule has 1 unspecified atom stereocenters. The van der Waals surface area contributed by atoms with Crippen LogP contribution in [0.2, 0.25) is 5.02 Å². The average Bonchev–Trinajstić information content (AvgIpc) is 2.71. The number of aryl methyl sites for hydroxylation is 1. The summed E-state index contributed by atoms with van der Waals surface area (Å²) in [5.41, 5.74) is 1.94. The third-order valence-corrected chi connectivity index (χ3v) is 5.50. The highest BCUT2D eigenvalue weighted by Crippen LogP contribution is 2.26. The van der Waals surface area contributed by atoms with Crippen molar-refractivity contribution in [3.05, 3.63) is 69.2 Å². The first-order chi connectivity index (χ1) is 14.2. The van der Waals surface area contributed by atoms with Crippen molar-refractivity contribution in [1.82, 2.24) is 14.5 Å². The molecule has 0 radical (unpaired) electrons. The van der Waals surface area contributed by atoms with Gasteiger partial charge in [-0.3, -0.25) is 14.2 Å². The second-order valence-electron chi connectivity index (χ2n) is 7.81. The van der Waals surface area contributed by atoms with Gasteiger partial charge in [0, 0.05) is 11.6 Å². The van der Waals surface area contributed by atoms with Crippen LogP contribution in [0.15, 0.2) is 47.3 Å². The van der Waals surface area contributed by atoms with Gasteiger partial charge in [-0.05, 0) is 55.7 Å². The Morgan fingerprint density at radius 2 is 1.87 bits per heavy atom. The van der Waals surface area contributed by atoms with E-state index in [0.29, 0.717) is 34.0 Å². The number of amides is 1. The highest BCUT2D eigenvalue weighted by molar-refractivity contribution is 6.30. The van der Waals surface area contributed by atoms with Gasteiger partial charge in [-0.15, -0.1) is 11.6 Å². The third-order valence-electron chi connectivity index (χ3n) is 5.04. The van der Waals surface area contributed by atoms with Crippen molar-refractivity contribution < 1.29 is 4.79 Å². The number of carbonyl (C=O) groups is 1. The Balaban J connectivity index is 2.31. The zero-order valence-corrected chi connectivity index (χ0v) is 19.0. The number of benzene rings is 2. The molecule has 30 heavy (non-hydrogen) atoms. The number of aromatic nitrogens is 2. The van der Waals surface area contributed by atoms with Crippen LogP contribution in [0.25, 0.3) is 16.6 Å². The summed E-state index contributed by atoms with van der Waals surface area (Å²) in [6.07, 6.45) is 0. The van der Waals surface area contributed by atoms with Gasteiger partial charge in [0.1, 0.15) is 11.7 Å². The van der Waals surface area contributed by atoms with E-state index in [1.807, 2.05) is 58.0 Å². The molecule has 1 aromatic heterocycles. The highest BCUT2D eigenvalue weighted by Gasteiger charge is 2.27. The molecule has 0 aliphatic heterocycles. The van der Waals surface area contributed by atoms with Crippen molar-refractivity contribution in [2.75, 3.05) is 12.4 Å². The summed E-state index contributed by atoms with van der Waals surface area (Å²) in [5.74, 6) is 0.398. The van der Waals surface area contributed by atoms with Crippen LogP contribution in [0, 0.1) is 12.8 Å². The largest absolute Gasteiger partial charge is 0.331 e. The van der Waals surface area contributed by atoms with Crippen LogP contribution in [0.5, 0.6) is 0 Å². The summed E-state index contributed by atoms with van der Waals surface area (Å²) in [7, 11) is 0. The van der Waals surface area contributed by atoms with Gasteiger partial charge >= 0.3 is 0 Å². The normalized spacial score (nSPS) is 12.4. The van der Waals surface area contributed by atoms with Gasteiger partial charge in [-0.2, -0.15) is 0 Å². The Kier molecular flexibility index (Phi) is 6.84. The van der Waals surface area contributed by atoms with E-state index in [2.05, 4.69) is 0 Å². The first kappa shape index (κ1) is 22.3. The predicted molar refractivity (Wildman–Crippen MR) is 123 cm³/mol. The molecule has 1 amide bonds. The van der Waals surface area contributed by atoms with Gasteiger partial charge in [-0.25, -0.2) is 4.98 Å². The highest BCUT2D eigenvalue weighted by atomic mass is 35.5. The van der Waals surface area contributed by atoms with E-state index in [9.17, 15) is 9.59 Å². The first-order valence-corrected chi connectivity index (χ1v) is 10.8. The maximum atomic E-state index is 13.5. The molecule has 0 fully saturated rings. The molecule has 2 aromatic carbocycles. The predicted octanol–water partition coefficient (Wildman–Crippen LogP) is 5.13. The summed E-state index contributed by atoms with van der Waals surface area (Å²) in [5, 5.41) is 1.10. The Hall–Kier alpha value is -2.37. The Morgan fingerprint density at radius 1 is 1.17 bits per heavy atom. The molecule has 0 N–H and O–H groups in total. The maximum absolute atomic E-state index is 13.5. The molecule has 1 atom stereocenters. The van der Waals surface area contributed by atoms with Gasteiger partial charge in [-0.1, -0.05) is 37.6 Å². The lowest BCUT2D eigenvalue weighted by molar-refractivity contribution is -0.131. The van der Waals surface area contributed by atoms with Crippen LogP contribution in [0.4, 0.5) is 0 Å². The van der Waals surface area contributed by atoms with Crippen LogP contribution < -0.4 is 5.56 Å². The molecule has 3 rings (SSSR count). The summed E-state index contributed by atoms with van der Waals surface area (Å²) in [6, 6.07) is 12.1. The summed E-state index contributed by atoms with van der Waals surface area (Å²) < 4.78 is 1.59. The second kappa shape index (κ2) is 9.19. The zero-order valence-electron chi connectivity index (χ0n) is 17.5. The lowest BCUT2D eigenvalue weighted by atomic mass is 10.1. The fourth-order valence-corrected chi connectivity index (χ4v) is 4.00. The molecule has 0 aliphatic rings. The van der Waals surface area contributed by atoms with Gasteiger partial charge in [0.05, 0.1) is 22.6 Å². The number of hydrogen-bond acceptors (Lipinski definition) is 3. The molecular weight excluding hydrogens is 421 g/mol. The number of nitrogens with zero attached hydrogens (tertiary/aromatic N) is 3. The molecule has 0 saturated heterocycles. The molecule has 5 nitrogen and oxygen atoms in total. The van der Waals surface area contributed by atoms with E-state index in [4.69, 9.17) is 28.2 Å². The number of alkyl halides is 1. The fraction of sp³-hybridized carbons (Fsp3) is 0.348. The van der Waals surface area contributed by atoms with Crippen molar-refractivity contribution in [3.63, 3.8) is 0 Å². The lowest BCUT2D eigenvalue weighted by Crippen LogP contribution is -2.40. The summed E-state index contributed by atoms with van der Waals surface area (Å²) >= 11 is 12.0. The Morgan fingerprint density at radius 3 is 2.50 bits per heavy atom. The molecule has 0 saturated carbocycles. The monoisotopic (exact) mass is 445 g/mol. The Bertz CT molecular complexity index is 1140. The quantitative estimate of drug-likeness (QED) is 0.494. The van der Waals surface area contributed by atoms with E-state index in [1.165, 1.54) is 0 Å². The van der Waals surface area contributed by atoms with Crippen molar-refractivity contribution in [2.45, 2.75) is 33.7 Å². The Labute approximate surface area is 186 Å². The second-order valence-corrected chi connectivity index (χ2v) is 8.51. The average molecular weight is 446 g/mol. The smallest absolute Gasteiger partial charge is 0.266 e. The third kappa shape index (κ3) is 4.37. The fourth-order valence-electron chi connectivity index (χ4n) is 3.62. The number of para-hydroxylation sites is 1. The van der Waals surface area contributed by atoms with E-state index in [-0.39, 0.29) is 23.3 Å². The van der Waals surface area contributed by atoms with Gasteiger partial charge < -0.3 is 4.90 Å². The molecule has 3 aromatic rings. The maximum Gasteiger partial charge on any atom is 0.266 e. The minimum absolute atomic E-state index is 0.130. The molecule has 0 bridgehead atoms. The zero-order chi connectivity index (χ0) is 22.0. The number of carbonyl (C=O) groups excluding carboxylic acids is 1. The minimum Gasteiger partial charge on any atom is -0.331 e. The number of rotatable bonds is 6.